The van der Waals surface area contributed by atoms with Crippen LogP contribution in [-0.4, -0.2) is 11.7 Å². The van der Waals surface area contributed by atoms with Crippen LogP contribution >= 0.6 is 0 Å². The van der Waals surface area contributed by atoms with Gasteiger partial charge in [-0.05, 0) is 111 Å². The SMILES string of the molecule is CC(C)(C)c1ccnc(N2c3ccccc3-c3ccccc3-c3ccc(Oc4cccc(N5CN(c6c(-c7ccccc7)cc(C(C)(C)C)cc6-c6ccccc6)c6ccccc65)c4)cc32)c1. The van der Waals surface area contributed by atoms with Crippen molar-refractivity contribution < 1.29 is 4.74 Å². The second-order valence-electron chi connectivity index (χ2n) is 19.7. The Hall–Kier alpha value is -7.89. The van der Waals surface area contributed by atoms with E-state index >= 15 is 0 Å². The van der Waals surface area contributed by atoms with E-state index in [0.29, 0.717) is 6.67 Å². The summed E-state index contributed by atoms with van der Waals surface area (Å²) in [5.41, 5.74) is 18.5. The van der Waals surface area contributed by atoms with Gasteiger partial charge in [0.1, 0.15) is 24.0 Å². The molecule has 5 heteroatoms. The van der Waals surface area contributed by atoms with E-state index in [9.17, 15) is 0 Å². The van der Waals surface area contributed by atoms with E-state index in [4.69, 9.17) is 9.72 Å². The summed E-state index contributed by atoms with van der Waals surface area (Å²) in [6.45, 7) is 14.3. The smallest absolute Gasteiger partial charge is 0.137 e. The second kappa shape index (κ2) is 16.5. The van der Waals surface area contributed by atoms with Gasteiger partial charge in [-0.3, -0.25) is 4.90 Å². The van der Waals surface area contributed by atoms with Crippen LogP contribution in [0, 0.1) is 0 Å². The quantitative estimate of drug-likeness (QED) is 0.159. The van der Waals surface area contributed by atoms with Crippen LogP contribution in [0.4, 0.5) is 39.9 Å². The molecule has 3 heterocycles. The molecule has 0 radical (unpaired) electrons. The third-order valence-electron chi connectivity index (χ3n) is 13.2. The zero-order chi connectivity index (χ0) is 45.9. The molecule has 1 aromatic heterocycles. The van der Waals surface area contributed by atoms with Crippen molar-refractivity contribution in [3.05, 3.63) is 218 Å². The number of hydrogen-bond donors (Lipinski definition) is 0. The third-order valence-corrected chi connectivity index (χ3v) is 13.2. The number of ether oxygens (including phenoxy) is 1. The fourth-order valence-corrected chi connectivity index (χ4v) is 9.73. The fourth-order valence-electron chi connectivity index (χ4n) is 9.73. The molecule has 0 fully saturated rings. The summed E-state index contributed by atoms with van der Waals surface area (Å²) in [5.74, 6) is 2.36. The van der Waals surface area contributed by atoms with Crippen molar-refractivity contribution in [2.24, 2.45) is 0 Å². The zero-order valence-electron chi connectivity index (χ0n) is 39.0. The molecule has 9 aromatic rings. The molecular weight excluding hydrogens is 817 g/mol. The minimum Gasteiger partial charge on any atom is -0.457 e. The largest absolute Gasteiger partial charge is 0.457 e. The van der Waals surface area contributed by atoms with Gasteiger partial charge >= 0.3 is 0 Å². The minimum atomic E-state index is -0.0558. The summed E-state index contributed by atoms with van der Waals surface area (Å²) >= 11 is 0. The molecule has 0 spiro atoms. The van der Waals surface area contributed by atoms with Crippen LogP contribution in [0.15, 0.2) is 206 Å². The summed E-state index contributed by atoms with van der Waals surface area (Å²) in [7, 11) is 0. The van der Waals surface area contributed by atoms with Crippen LogP contribution in [0.25, 0.3) is 44.5 Å². The maximum atomic E-state index is 6.93. The molecule has 0 amide bonds. The van der Waals surface area contributed by atoms with E-state index in [2.05, 4.69) is 256 Å². The lowest BCUT2D eigenvalue weighted by Crippen LogP contribution is -2.25. The predicted molar refractivity (Wildman–Crippen MR) is 280 cm³/mol. The summed E-state index contributed by atoms with van der Waals surface area (Å²) in [6.07, 6.45) is 1.94. The number of pyridine rings is 1. The molecule has 2 aliphatic heterocycles. The number of nitrogens with zero attached hydrogens (tertiary/aromatic N) is 4. The van der Waals surface area contributed by atoms with Crippen molar-refractivity contribution in [2.45, 2.75) is 52.4 Å². The van der Waals surface area contributed by atoms with Gasteiger partial charge in [0.25, 0.3) is 0 Å². The molecule has 0 unspecified atom stereocenters. The molecule has 0 N–H and O–H groups in total. The summed E-state index contributed by atoms with van der Waals surface area (Å²) in [5, 5.41) is 0. The molecule has 328 valence electrons. The van der Waals surface area contributed by atoms with E-state index in [-0.39, 0.29) is 10.8 Å². The van der Waals surface area contributed by atoms with Crippen molar-refractivity contribution in [3.8, 4) is 56.0 Å². The maximum absolute atomic E-state index is 6.93. The highest BCUT2D eigenvalue weighted by Gasteiger charge is 2.33. The highest BCUT2D eigenvalue weighted by Crippen LogP contribution is 2.54. The van der Waals surface area contributed by atoms with Gasteiger partial charge in [-0.15, -0.1) is 0 Å². The van der Waals surface area contributed by atoms with E-state index in [1.54, 1.807) is 0 Å². The Bertz CT molecular complexity index is 3230. The van der Waals surface area contributed by atoms with Crippen molar-refractivity contribution in [3.63, 3.8) is 0 Å². The van der Waals surface area contributed by atoms with Crippen molar-refractivity contribution in [1.29, 1.82) is 0 Å². The van der Waals surface area contributed by atoms with Crippen molar-refractivity contribution in [2.75, 3.05) is 21.4 Å². The monoisotopic (exact) mass is 870 g/mol. The fraction of sp³-hybridized carbons (Fsp3) is 0.145. The average Bonchev–Trinajstić information content (AvgIpc) is 3.68. The molecule has 0 bridgehead atoms. The first kappa shape index (κ1) is 41.8. The van der Waals surface area contributed by atoms with E-state index in [0.717, 1.165) is 56.9 Å². The molecule has 2 aliphatic rings. The van der Waals surface area contributed by atoms with Crippen LogP contribution in [-0.2, 0) is 10.8 Å². The molecule has 0 saturated carbocycles. The first-order chi connectivity index (χ1) is 32.5. The van der Waals surface area contributed by atoms with Crippen LogP contribution < -0.4 is 19.4 Å². The number of benzene rings is 8. The zero-order valence-corrected chi connectivity index (χ0v) is 39.0. The number of anilines is 7. The van der Waals surface area contributed by atoms with Crippen LogP contribution in [0.3, 0.4) is 0 Å². The Morgan fingerprint density at radius 1 is 0.403 bits per heavy atom. The lowest BCUT2D eigenvalue weighted by atomic mass is 9.82. The van der Waals surface area contributed by atoms with Crippen molar-refractivity contribution in [1.82, 2.24) is 4.98 Å². The van der Waals surface area contributed by atoms with Gasteiger partial charge < -0.3 is 14.5 Å². The molecule has 0 atom stereocenters. The Kier molecular flexibility index (Phi) is 10.3. The van der Waals surface area contributed by atoms with Gasteiger partial charge in [0.2, 0.25) is 0 Å². The van der Waals surface area contributed by atoms with Crippen molar-refractivity contribution >= 4 is 39.9 Å². The maximum Gasteiger partial charge on any atom is 0.137 e. The number of aromatic nitrogens is 1. The van der Waals surface area contributed by atoms with Gasteiger partial charge in [0.15, 0.2) is 0 Å². The standard InChI is InChI=1S/C62H54N4O/c1-61(2,3)44-34-35-63-59(38-44)66-55-29-16-15-28-51(55)49-26-13-14-27-50(49)52-33-32-48(40-58(52)66)67-47-25-19-24-46(39-47)64-41-65(57-31-18-17-30-56(57)64)60-53(42-20-9-7-10-21-42)36-45(62(4,5)6)37-54(60)43-22-11-8-12-23-43/h7-40H,41H2,1-6H3. The average molecular weight is 871 g/mol. The Morgan fingerprint density at radius 3 is 1.57 bits per heavy atom. The number of rotatable bonds is 7. The summed E-state index contributed by atoms with van der Waals surface area (Å²) in [4.78, 5) is 12.2. The van der Waals surface area contributed by atoms with Gasteiger partial charge in [-0.25, -0.2) is 4.98 Å². The predicted octanol–water partition coefficient (Wildman–Crippen LogP) is 17.2. The van der Waals surface area contributed by atoms with Gasteiger partial charge in [-0.1, -0.05) is 163 Å². The Balaban J connectivity index is 1.00. The minimum absolute atomic E-state index is 0.0526. The number of para-hydroxylation sites is 3. The summed E-state index contributed by atoms with van der Waals surface area (Å²) < 4.78 is 6.93. The molecular formula is C62H54N4O. The second-order valence-corrected chi connectivity index (χ2v) is 19.7. The van der Waals surface area contributed by atoms with Gasteiger partial charge in [0, 0.05) is 46.3 Å². The van der Waals surface area contributed by atoms with E-state index in [1.165, 1.54) is 50.2 Å². The van der Waals surface area contributed by atoms with Crippen LogP contribution in [0.2, 0.25) is 0 Å². The van der Waals surface area contributed by atoms with E-state index in [1.807, 2.05) is 6.20 Å². The van der Waals surface area contributed by atoms with Gasteiger partial charge in [0.05, 0.1) is 28.4 Å². The molecule has 0 saturated heterocycles. The number of fused-ring (bicyclic) bond motifs is 6. The Morgan fingerprint density at radius 2 is 0.940 bits per heavy atom. The topological polar surface area (TPSA) is 31.8 Å². The van der Waals surface area contributed by atoms with Crippen LogP contribution in [0.5, 0.6) is 11.5 Å². The lowest BCUT2D eigenvalue weighted by Gasteiger charge is -2.30. The highest BCUT2D eigenvalue weighted by molar-refractivity contribution is 6.03. The molecule has 8 aromatic carbocycles. The molecule has 5 nitrogen and oxygen atoms in total. The molecule has 11 rings (SSSR count). The Labute approximate surface area is 395 Å². The molecule has 67 heavy (non-hydrogen) atoms. The summed E-state index contributed by atoms with van der Waals surface area (Å²) in [6, 6.07) is 72.0. The first-order valence-corrected chi connectivity index (χ1v) is 23.3. The molecule has 0 aliphatic carbocycles. The van der Waals surface area contributed by atoms with E-state index < -0.39 is 0 Å². The normalized spacial score (nSPS) is 13.1. The third kappa shape index (κ3) is 7.70. The highest BCUT2D eigenvalue weighted by atomic mass is 16.5. The number of hydrogen-bond acceptors (Lipinski definition) is 5. The van der Waals surface area contributed by atoms with Crippen LogP contribution in [0.1, 0.15) is 52.7 Å². The first-order valence-electron chi connectivity index (χ1n) is 23.3. The lowest BCUT2D eigenvalue weighted by molar-refractivity contribution is 0.483. The van der Waals surface area contributed by atoms with Gasteiger partial charge in [-0.2, -0.15) is 0 Å².